The SMILES string of the molecule is CC(=O)N[C@@H](CCC(N)=O)C(=O)Nc1cccc(-n2cccn2)c1. The molecule has 24 heavy (non-hydrogen) atoms. The number of nitrogens with one attached hydrogen (secondary N) is 2. The molecule has 0 saturated carbocycles. The molecular weight excluding hydrogens is 310 g/mol. The van der Waals surface area contributed by atoms with Gasteiger partial charge < -0.3 is 16.4 Å². The van der Waals surface area contributed by atoms with Gasteiger partial charge in [0.25, 0.3) is 0 Å². The molecule has 1 aromatic carbocycles. The third-order valence-electron chi connectivity index (χ3n) is 3.26. The number of anilines is 1. The lowest BCUT2D eigenvalue weighted by molar-refractivity contribution is -0.126. The van der Waals surface area contributed by atoms with E-state index in [0.29, 0.717) is 5.69 Å². The summed E-state index contributed by atoms with van der Waals surface area (Å²) in [5, 5.41) is 9.37. The number of nitrogens with zero attached hydrogens (tertiary/aromatic N) is 2. The van der Waals surface area contributed by atoms with E-state index in [-0.39, 0.29) is 18.7 Å². The zero-order valence-corrected chi connectivity index (χ0v) is 13.2. The number of hydrogen-bond donors (Lipinski definition) is 3. The predicted octanol–water partition coefficient (Wildman–Crippen LogP) is 0.581. The zero-order chi connectivity index (χ0) is 17.5. The quantitative estimate of drug-likeness (QED) is 0.688. The van der Waals surface area contributed by atoms with Crippen molar-refractivity contribution in [2.75, 3.05) is 5.32 Å². The Bertz CT molecular complexity index is 727. The molecule has 0 bridgehead atoms. The number of hydrogen-bond acceptors (Lipinski definition) is 4. The first-order chi connectivity index (χ1) is 11.5. The van der Waals surface area contributed by atoms with Gasteiger partial charge in [-0.3, -0.25) is 14.4 Å². The van der Waals surface area contributed by atoms with Crippen molar-refractivity contribution in [1.29, 1.82) is 0 Å². The van der Waals surface area contributed by atoms with Crippen molar-refractivity contribution in [2.24, 2.45) is 5.73 Å². The fraction of sp³-hybridized carbons (Fsp3) is 0.250. The molecule has 0 aliphatic carbocycles. The highest BCUT2D eigenvalue weighted by molar-refractivity contribution is 5.97. The van der Waals surface area contributed by atoms with Crippen LogP contribution in [0.3, 0.4) is 0 Å². The summed E-state index contributed by atoms with van der Waals surface area (Å²) in [7, 11) is 0. The Morgan fingerprint density at radius 2 is 2.08 bits per heavy atom. The molecular formula is C16H19N5O3. The van der Waals surface area contributed by atoms with Gasteiger partial charge in [-0.25, -0.2) is 4.68 Å². The van der Waals surface area contributed by atoms with Crippen LogP contribution in [-0.2, 0) is 14.4 Å². The first-order valence-corrected chi connectivity index (χ1v) is 7.42. The third kappa shape index (κ3) is 4.94. The Balaban J connectivity index is 2.09. The van der Waals surface area contributed by atoms with Crippen LogP contribution in [0.1, 0.15) is 19.8 Å². The number of primary amides is 1. The van der Waals surface area contributed by atoms with Crippen LogP contribution in [0.25, 0.3) is 5.69 Å². The largest absolute Gasteiger partial charge is 0.370 e. The van der Waals surface area contributed by atoms with E-state index < -0.39 is 17.9 Å². The average molecular weight is 329 g/mol. The lowest BCUT2D eigenvalue weighted by atomic mass is 10.1. The van der Waals surface area contributed by atoms with Crippen molar-refractivity contribution >= 4 is 23.4 Å². The van der Waals surface area contributed by atoms with E-state index in [4.69, 9.17) is 5.73 Å². The average Bonchev–Trinajstić information content (AvgIpc) is 3.05. The molecule has 0 aliphatic heterocycles. The van der Waals surface area contributed by atoms with E-state index >= 15 is 0 Å². The topological polar surface area (TPSA) is 119 Å². The van der Waals surface area contributed by atoms with E-state index in [1.165, 1.54) is 6.92 Å². The molecule has 0 unspecified atom stereocenters. The lowest BCUT2D eigenvalue weighted by Gasteiger charge is -2.17. The van der Waals surface area contributed by atoms with E-state index in [9.17, 15) is 14.4 Å². The molecule has 8 nitrogen and oxygen atoms in total. The fourth-order valence-electron chi connectivity index (χ4n) is 2.18. The van der Waals surface area contributed by atoms with Crippen LogP contribution in [0.15, 0.2) is 42.7 Å². The van der Waals surface area contributed by atoms with Gasteiger partial charge in [-0.05, 0) is 30.7 Å². The number of rotatable bonds is 7. The molecule has 126 valence electrons. The van der Waals surface area contributed by atoms with Crippen molar-refractivity contribution in [1.82, 2.24) is 15.1 Å². The van der Waals surface area contributed by atoms with Gasteiger partial charge in [-0.15, -0.1) is 0 Å². The molecule has 2 rings (SSSR count). The van der Waals surface area contributed by atoms with Gasteiger partial charge in [-0.1, -0.05) is 6.07 Å². The summed E-state index contributed by atoms with van der Waals surface area (Å²) in [5.74, 6) is -1.30. The van der Waals surface area contributed by atoms with E-state index in [2.05, 4.69) is 15.7 Å². The van der Waals surface area contributed by atoms with Gasteiger partial charge in [0, 0.05) is 31.4 Å². The molecule has 0 radical (unpaired) electrons. The Labute approximate surface area is 139 Å². The minimum Gasteiger partial charge on any atom is -0.370 e. The van der Waals surface area contributed by atoms with Crippen molar-refractivity contribution in [3.05, 3.63) is 42.7 Å². The first-order valence-electron chi connectivity index (χ1n) is 7.42. The number of amides is 3. The van der Waals surface area contributed by atoms with Crippen molar-refractivity contribution in [3.8, 4) is 5.69 Å². The normalized spacial score (nSPS) is 11.5. The maximum atomic E-state index is 12.4. The maximum Gasteiger partial charge on any atom is 0.246 e. The summed E-state index contributed by atoms with van der Waals surface area (Å²) in [6, 6.07) is 8.07. The third-order valence-corrected chi connectivity index (χ3v) is 3.26. The van der Waals surface area contributed by atoms with Gasteiger partial charge in [0.15, 0.2) is 0 Å². The molecule has 8 heteroatoms. The summed E-state index contributed by atoms with van der Waals surface area (Å²) in [4.78, 5) is 34.5. The number of benzene rings is 1. The second-order valence-electron chi connectivity index (χ2n) is 5.25. The molecule has 0 aliphatic rings. The molecule has 0 saturated heterocycles. The van der Waals surface area contributed by atoms with Crippen LogP contribution in [0, 0.1) is 0 Å². The number of carbonyl (C=O) groups excluding carboxylic acids is 3. The second-order valence-corrected chi connectivity index (χ2v) is 5.25. The van der Waals surface area contributed by atoms with Crippen LogP contribution < -0.4 is 16.4 Å². The lowest BCUT2D eigenvalue weighted by Crippen LogP contribution is -2.43. The molecule has 3 amide bonds. The predicted molar refractivity (Wildman–Crippen MR) is 88.2 cm³/mol. The molecule has 1 atom stereocenters. The summed E-state index contributed by atoms with van der Waals surface area (Å²) >= 11 is 0. The summed E-state index contributed by atoms with van der Waals surface area (Å²) in [6.45, 7) is 1.31. The molecule has 0 spiro atoms. The van der Waals surface area contributed by atoms with Gasteiger partial charge in [0.05, 0.1) is 5.69 Å². The van der Waals surface area contributed by atoms with Crippen LogP contribution >= 0.6 is 0 Å². The van der Waals surface area contributed by atoms with Gasteiger partial charge in [0.2, 0.25) is 17.7 Å². The Morgan fingerprint density at radius 3 is 2.71 bits per heavy atom. The monoisotopic (exact) mass is 329 g/mol. The molecule has 1 aromatic heterocycles. The highest BCUT2D eigenvalue weighted by Gasteiger charge is 2.20. The number of carbonyl (C=O) groups is 3. The van der Waals surface area contributed by atoms with E-state index in [1.807, 2.05) is 6.07 Å². The van der Waals surface area contributed by atoms with Crippen molar-refractivity contribution < 1.29 is 14.4 Å². The van der Waals surface area contributed by atoms with Gasteiger partial charge in [0.1, 0.15) is 6.04 Å². The summed E-state index contributed by atoms with van der Waals surface area (Å²) in [6.07, 6.45) is 3.58. The molecule has 2 aromatic rings. The second kappa shape index (κ2) is 7.91. The van der Waals surface area contributed by atoms with Crippen LogP contribution in [0.2, 0.25) is 0 Å². The van der Waals surface area contributed by atoms with Crippen molar-refractivity contribution in [3.63, 3.8) is 0 Å². The van der Waals surface area contributed by atoms with E-state index in [0.717, 1.165) is 5.69 Å². The highest BCUT2D eigenvalue weighted by atomic mass is 16.2. The molecule has 1 heterocycles. The Kier molecular flexibility index (Phi) is 5.67. The number of aromatic nitrogens is 2. The van der Waals surface area contributed by atoms with E-state index in [1.54, 1.807) is 41.3 Å². The molecule has 0 fully saturated rings. The smallest absolute Gasteiger partial charge is 0.246 e. The summed E-state index contributed by atoms with van der Waals surface area (Å²) in [5.41, 5.74) is 6.45. The first kappa shape index (κ1) is 17.2. The van der Waals surface area contributed by atoms with Gasteiger partial charge in [-0.2, -0.15) is 5.10 Å². The van der Waals surface area contributed by atoms with Crippen LogP contribution in [-0.4, -0.2) is 33.5 Å². The van der Waals surface area contributed by atoms with Crippen molar-refractivity contribution in [2.45, 2.75) is 25.8 Å². The summed E-state index contributed by atoms with van der Waals surface area (Å²) < 4.78 is 1.66. The minimum atomic E-state index is -0.830. The Hall–Kier alpha value is -3.16. The molecule has 4 N–H and O–H groups in total. The maximum absolute atomic E-state index is 12.4. The highest BCUT2D eigenvalue weighted by Crippen LogP contribution is 2.14. The zero-order valence-electron chi connectivity index (χ0n) is 13.2. The fourth-order valence-corrected chi connectivity index (χ4v) is 2.18. The standard InChI is InChI=1S/C16H19N5O3/c1-11(22)19-14(6-7-15(17)23)16(24)20-12-4-2-5-13(10-12)21-9-3-8-18-21/h2-5,8-10,14H,6-7H2,1H3,(H2,17,23)(H,19,22)(H,20,24)/t14-/m0/s1. The Morgan fingerprint density at radius 1 is 1.29 bits per heavy atom. The van der Waals surface area contributed by atoms with Crippen LogP contribution in [0.5, 0.6) is 0 Å². The minimum absolute atomic E-state index is 0.00565. The number of nitrogens with two attached hydrogens (primary N) is 1. The van der Waals surface area contributed by atoms with Gasteiger partial charge >= 0.3 is 0 Å². The van der Waals surface area contributed by atoms with Crippen LogP contribution in [0.4, 0.5) is 5.69 Å².